The summed E-state index contributed by atoms with van der Waals surface area (Å²) in [5, 5.41) is 20.3. The first-order valence-electron chi connectivity index (χ1n) is 9.37. The monoisotopic (exact) mass is 416 g/mol. The molecule has 0 aliphatic carbocycles. The lowest BCUT2D eigenvalue weighted by Crippen LogP contribution is -2.01. The number of ether oxygens (including phenoxy) is 1. The van der Waals surface area contributed by atoms with Gasteiger partial charge in [0, 0.05) is 5.56 Å². The minimum absolute atomic E-state index is 0.0181. The molecule has 0 bridgehead atoms. The lowest BCUT2D eigenvalue weighted by Gasteiger charge is -2.06. The third kappa shape index (κ3) is 2.88. The molecular formula is C23H16N2O6. The number of para-hydroxylation sites is 2. The van der Waals surface area contributed by atoms with Crippen molar-refractivity contribution in [2.45, 2.75) is 6.92 Å². The van der Waals surface area contributed by atoms with Crippen molar-refractivity contribution >= 4 is 28.2 Å². The third-order valence-corrected chi connectivity index (χ3v) is 5.10. The van der Waals surface area contributed by atoms with Gasteiger partial charge >= 0.3 is 5.97 Å². The molecule has 8 heteroatoms. The van der Waals surface area contributed by atoms with Gasteiger partial charge in [-0.25, -0.2) is 14.8 Å². The number of carbonyl (C=O) groups is 1. The standard InChI is InChI=1S/C23H16N2O6/c1-11-14(26)9-10-15(27)18(11)22-25-19-12(5-3-7-16(19)31-22)21-24-20-13(23(28)29-2)6-4-8-17(20)30-21/h3-10,26-27H,1-2H3. The quantitative estimate of drug-likeness (QED) is 0.318. The van der Waals surface area contributed by atoms with Gasteiger partial charge in [0.2, 0.25) is 11.8 Å². The van der Waals surface area contributed by atoms with Crippen LogP contribution in [0.15, 0.2) is 57.4 Å². The van der Waals surface area contributed by atoms with Crippen molar-refractivity contribution in [3.8, 4) is 34.4 Å². The topological polar surface area (TPSA) is 119 Å². The van der Waals surface area contributed by atoms with Crippen LogP contribution in [0, 0.1) is 6.92 Å². The molecule has 0 aliphatic rings. The number of oxazole rings is 2. The Morgan fingerprint density at radius 1 is 0.871 bits per heavy atom. The van der Waals surface area contributed by atoms with Gasteiger partial charge in [-0.1, -0.05) is 12.1 Å². The Morgan fingerprint density at radius 2 is 1.52 bits per heavy atom. The van der Waals surface area contributed by atoms with Crippen LogP contribution in [0.25, 0.3) is 45.1 Å². The van der Waals surface area contributed by atoms with Crippen molar-refractivity contribution in [2.24, 2.45) is 0 Å². The second-order valence-corrected chi connectivity index (χ2v) is 6.94. The van der Waals surface area contributed by atoms with E-state index in [0.29, 0.717) is 44.5 Å². The molecule has 0 unspecified atom stereocenters. The number of hydrogen-bond acceptors (Lipinski definition) is 8. The Hall–Kier alpha value is -4.33. The lowest BCUT2D eigenvalue weighted by molar-refractivity contribution is 0.0602. The lowest BCUT2D eigenvalue weighted by atomic mass is 10.1. The van der Waals surface area contributed by atoms with Crippen molar-refractivity contribution in [3.63, 3.8) is 0 Å². The van der Waals surface area contributed by atoms with Crippen LogP contribution in [-0.4, -0.2) is 33.3 Å². The zero-order valence-electron chi connectivity index (χ0n) is 16.5. The number of rotatable bonds is 3. The summed E-state index contributed by atoms with van der Waals surface area (Å²) in [6.07, 6.45) is 0. The summed E-state index contributed by atoms with van der Waals surface area (Å²) in [5.41, 5.74) is 3.31. The van der Waals surface area contributed by atoms with Crippen molar-refractivity contribution in [1.29, 1.82) is 0 Å². The second kappa shape index (κ2) is 6.88. The Labute approximate surface area is 175 Å². The van der Waals surface area contributed by atoms with Gasteiger partial charge in [-0.15, -0.1) is 0 Å². The maximum Gasteiger partial charge on any atom is 0.340 e. The third-order valence-electron chi connectivity index (χ3n) is 5.10. The first-order valence-corrected chi connectivity index (χ1v) is 9.37. The van der Waals surface area contributed by atoms with E-state index in [1.165, 1.54) is 19.2 Å². The van der Waals surface area contributed by atoms with Gasteiger partial charge < -0.3 is 23.8 Å². The van der Waals surface area contributed by atoms with Crippen LogP contribution < -0.4 is 0 Å². The molecule has 0 saturated carbocycles. The van der Waals surface area contributed by atoms with Gasteiger partial charge in [-0.3, -0.25) is 0 Å². The first-order chi connectivity index (χ1) is 15.0. The molecule has 31 heavy (non-hydrogen) atoms. The largest absolute Gasteiger partial charge is 0.508 e. The number of aromatic nitrogens is 2. The van der Waals surface area contributed by atoms with Gasteiger partial charge in [0.05, 0.1) is 23.8 Å². The molecule has 0 radical (unpaired) electrons. The summed E-state index contributed by atoms with van der Waals surface area (Å²) in [6, 6.07) is 13.1. The van der Waals surface area contributed by atoms with E-state index in [0.717, 1.165) is 0 Å². The minimum Gasteiger partial charge on any atom is -0.508 e. The van der Waals surface area contributed by atoms with E-state index in [1.807, 2.05) is 0 Å². The summed E-state index contributed by atoms with van der Waals surface area (Å²) < 4.78 is 16.6. The van der Waals surface area contributed by atoms with E-state index in [-0.39, 0.29) is 23.3 Å². The number of fused-ring (bicyclic) bond motifs is 2. The first kappa shape index (κ1) is 18.7. The zero-order valence-corrected chi connectivity index (χ0v) is 16.5. The molecule has 2 aromatic heterocycles. The maximum atomic E-state index is 12.1. The summed E-state index contributed by atoms with van der Waals surface area (Å²) in [6.45, 7) is 1.66. The second-order valence-electron chi connectivity index (χ2n) is 6.94. The van der Waals surface area contributed by atoms with Crippen molar-refractivity contribution in [1.82, 2.24) is 9.97 Å². The maximum absolute atomic E-state index is 12.1. The van der Waals surface area contributed by atoms with Gasteiger partial charge in [-0.05, 0) is 43.3 Å². The molecule has 0 aliphatic heterocycles. The number of phenolic OH excluding ortho intramolecular Hbond substituents is 2. The smallest absolute Gasteiger partial charge is 0.340 e. The Morgan fingerprint density at radius 3 is 2.29 bits per heavy atom. The minimum atomic E-state index is -0.512. The number of methoxy groups -OCH3 is 1. The van der Waals surface area contributed by atoms with Crippen LogP contribution in [0.1, 0.15) is 15.9 Å². The van der Waals surface area contributed by atoms with Crippen LogP contribution in [0.3, 0.4) is 0 Å². The molecular weight excluding hydrogens is 400 g/mol. The van der Waals surface area contributed by atoms with Crippen LogP contribution >= 0.6 is 0 Å². The van der Waals surface area contributed by atoms with Crippen LogP contribution in [-0.2, 0) is 4.74 Å². The normalized spacial score (nSPS) is 11.3. The molecule has 5 rings (SSSR count). The number of nitrogens with zero attached hydrogens (tertiary/aromatic N) is 2. The van der Waals surface area contributed by atoms with Crippen LogP contribution in [0.5, 0.6) is 11.5 Å². The Bertz CT molecular complexity index is 1480. The number of hydrogen-bond donors (Lipinski definition) is 2. The Kier molecular flexibility index (Phi) is 4.14. The number of benzene rings is 3. The van der Waals surface area contributed by atoms with E-state index in [9.17, 15) is 15.0 Å². The van der Waals surface area contributed by atoms with E-state index < -0.39 is 5.97 Å². The molecule has 2 heterocycles. The van der Waals surface area contributed by atoms with Gasteiger partial charge in [0.25, 0.3) is 0 Å². The summed E-state index contributed by atoms with van der Waals surface area (Å²) in [5.74, 6) is -0.145. The SMILES string of the molecule is COC(=O)c1cccc2oc(-c3cccc4oc(-c5c(O)ccc(O)c5C)nc34)nc12. The van der Waals surface area contributed by atoms with Gasteiger partial charge in [0.1, 0.15) is 22.5 Å². The summed E-state index contributed by atoms with van der Waals surface area (Å²) in [4.78, 5) is 21.1. The van der Waals surface area contributed by atoms with Gasteiger partial charge in [-0.2, -0.15) is 0 Å². The number of carbonyl (C=O) groups excluding carboxylic acids is 1. The molecule has 3 aromatic carbocycles. The van der Waals surface area contributed by atoms with Gasteiger partial charge in [0.15, 0.2) is 11.2 Å². The highest BCUT2D eigenvalue weighted by Crippen LogP contribution is 2.39. The average molecular weight is 416 g/mol. The fraction of sp³-hybridized carbons (Fsp3) is 0.0870. The van der Waals surface area contributed by atoms with Crippen molar-refractivity contribution in [3.05, 3.63) is 59.7 Å². The predicted molar refractivity (Wildman–Crippen MR) is 112 cm³/mol. The molecule has 0 amide bonds. The van der Waals surface area contributed by atoms with E-state index >= 15 is 0 Å². The summed E-state index contributed by atoms with van der Waals surface area (Å²) in [7, 11) is 1.30. The highest BCUT2D eigenvalue weighted by Gasteiger charge is 2.22. The highest BCUT2D eigenvalue weighted by atomic mass is 16.5. The molecule has 0 saturated heterocycles. The van der Waals surface area contributed by atoms with Crippen LogP contribution in [0.2, 0.25) is 0 Å². The van der Waals surface area contributed by atoms with E-state index in [2.05, 4.69) is 9.97 Å². The molecule has 154 valence electrons. The molecule has 0 spiro atoms. The summed E-state index contributed by atoms with van der Waals surface area (Å²) >= 11 is 0. The fourth-order valence-electron chi connectivity index (χ4n) is 3.52. The molecule has 2 N–H and O–H groups in total. The number of phenols is 2. The molecule has 0 fully saturated rings. The Balaban J connectivity index is 1.71. The van der Waals surface area contributed by atoms with E-state index in [1.54, 1.807) is 43.3 Å². The average Bonchev–Trinajstić information content (AvgIpc) is 3.39. The molecule has 8 nitrogen and oxygen atoms in total. The van der Waals surface area contributed by atoms with Crippen molar-refractivity contribution in [2.75, 3.05) is 7.11 Å². The zero-order chi connectivity index (χ0) is 21.7. The highest BCUT2D eigenvalue weighted by molar-refractivity contribution is 6.02. The van der Waals surface area contributed by atoms with Crippen molar-refractivity contribution < 1.29 is 28.6 Å². The van der Waals surface area contributed by atoms with Crippen LogP contribution in [0.4, 0.5) is 0 Å². The predicted octanol–water partition coefficient (Wildman–Crippen LogP) is 4.81. The molecule has 0 atom stereocenters. The molecule has 5 aromatic rings. The number of aromatic hydroxyl groups is 2. The number of esters is 1. The fourth-order valence-corrected chi connectivity index (χ4v) is 3.52. The van der Waals surface area contributed by atoms with E-state index in [4.69, 9.17) is 13.6 Å².